The van der Waals surface area contributed by atoms with Gasteiger partial charge in [-0.1, -0.05) is 24.6 Å². The minimum absolute atomic E-state index is 0.527. The minimum Gasteiger partial charge on any atom is -0.352 e. The molecule has 5 heteroatoms. The summed E-state index contributed by atoms with van der Waals surface area (Å²) in [5.41, 5.74) is 4.36. The third-order valence-electron chi connectivity index (χ3n) is 5.08. The lowest BCUT2D eigenvalue weighted by Crippen LogP contribution is -2.32. The van der Waals surface area contributed by atoms with E-state index in [1.54, 1.807) is 12.1 Å². The van der Waals surface area contributed by atoms with Gasteiger partial charge in [-0.15, -0.1) is 0 Å². The molecule has 2 atom stereocenters. The van der Waals surface area contributed by atoms with E-state index in [1.165, 1.54) is 17.5 Å². The third kappa shape index (κ3) is 4.17. The van der Waals surface area contributed by atoms with Gasteiger partial charge >= 0.3 is 0 Å². The lowest BCUT2D eigenvalue weighted by Gasteiger charge is -2.23. The molecule has 0 bridgehead atoms. The highest BCUT2D eigenvalue weighted by molar-refractivity contribution is 7.80. The fourth-order valence-electron chi connectivity index (χ4n) is 3.60. The zero-order valence-electron chi connectivity index (χ0n) is 15.0. The number of nitriles is 1. The van der Waals surface area contributed by atoms with Gasteiger partial charge in [0.2, 0.25) is 0 Å². The van der Waals surface area contributed by atoms with Crippen molar-refractivity contribution in [1.29, 1.82) is 5.26 Å². The Morgan fingerprint density at radius 2 is 2.00 bits per heavy atom. The van der Waals surface area contributed by atoms with E-state index in [2.05, 4.69) is 35.3 Å². The van der Waals surface area contributed by atoms with E-state index in [0.717, 1.165) is 23.7 Å². The Hall–Kier alpha value is -2.09. The van der Waals surface area contributed by atoms with Crippen molar-refractivity contribution in [2.75, 3.05) is 18.9 Å². The van der Waals surface area contributed by atoms with Crippen molar-refractivity contribution in [2.45, 2.75) is 31.6 Å². The standard InChI is InChI=1S/C21H22ClN3S/c1-14-11-16(20-12-17(22)5-8-19(14)20)9-10-25(2)21(26)24-18-6-3-15(13-23)4-7-18/h3-8,12,14,16H,9-11H2,1-2H3,(H,24,26)/t14-,16-/m1/s1. The SMILES string of the molecule is C[C@@H]1C[C@@H](CCN(C)C(=S)Nc2ccc(C#N)cc2)c2cc(Cl)ccc21. The molecule has 26 heavy (non-hydrogen) atoms. The number of rotatable bonds is 4. The van der Waals surface area contributed by atoms with E-state index in [4.69, 9.17) is 29.1 Å². The molecule has 134 valence electrons. The fraction of sp³-hybridized carbons (Fsp3) is 0.333. The number of hydrogen-bond donors (Lipinski definition) is 1. The Bertz CT molecular complexity index is 841. The summed E-state index contributed by atoms with van der Waals surface area (Å²) in [4.78, 5) is 2.07. The second kappa shape index (κ2) is 8.07. The van der Waals surface area contributed by atoms with Crippen molar-refractivity contribution in [1.82, 2.24) is 4.90 Å². The molecule has 0 saturated carbocycles. The van der Waals surface area contributed by atoms with Crippen LogP contribution < -0.4 is 5.32 Å². The van der Waals surface area contributed by atoms with Gasteiger partial charge in [0.1, 0.15) is 0 Å². The van der Waals surface area contributed by atoms with Crippen molar-refractivity contribution >= 4 is 34.6 Å². The van der Waals surface area contributed by atoms with Crippen molar-refractivity contribution in [3.8, 4) is 6.07 Å². The van der Waals surface area contributed by atoms with E-state index >= 15 is 0 Å². The molecule has 1 aliphatic rings. The minimum atomic E-state index is 0.527. The molecule has 0 amide bonds. The van der Waals surface area contributed by atoms with Gasteiger partial charge < -0.3 is 10.2 Å². The lowest BCUT2D eigenvalue weighted by molar-refractivity contribution is 0.451. The van der Waals surface area contributed by atoms with Gasteiger partial charge in [0.05, 0.1) is 11.6 Å². The molecule has 1 N–H and O–H groups in total. The first-order chi connectivity index (χ1) is 12.5. The van der Waals surface area contributed by atoms with Crippen LogP contribution in [0.2, 0.25) is 5.02 Å². The van der Waals surface area contributed by atoms with Gasteiger partial charge in [0.25, 0.3) is 0 Å². The molecular weight excluding hydrogens is 362 g/mol. The molecule has 2 aromatic carbocycles. The summed E-state index contributed by atoms with van der Waals surface area (Å²) in [7, 11) is 2.01. The van der Waals surface area contributed by atoms with E-state index < -0.39 is 0 Å². The summed E-state index contributed by atoms with van der Waals surface area (Å²) in [5.74, 6) is 1.11. The average molecular weight is 384 g/mol. The number of nitrogens with one attached hydrogen (secondary N) is 1. The second-order valence-electron chi connectivity index (χ2n) is 6.94. The number of anilines is 1. The summed E-state index contributed by atoms with van der Waals surface area (Å²) in [6.45, 7) is 3.17. The largest absolute Gasteiger partial charge is 0.352 e. The van der Waals surface area contributed by atoms with Crippen LogP contribution in [0.3, 0.4) is 0 Å². The number of nitrogens with zero attached hydrogens (tertiary/aromatic N) is 2. The number of halogens is 1. The van der Waals surface area contributed by atoms with Gasteiger partial charge in [0.15, 0.2) is 5.11 Å². The predicted molar refractivity (Wildman–Crippen MR) is 112 cm³/mol. The molecule has 0 heterocycles. The van der Waals surface area contributed by atoms with Crippen molar-refractivity contribution in [3.05, 3.63) is 64.2 Å². The van der Waals surface area contributed by atoms with Gasteiger partial charge in [0, 0.05) is 24.3 Å². The van der Waals surface area contributed by atoms with Crippen LogP contribution in [0, 0.1) is 11.3 Å². The Morgan fingerprint density at radius 1 is 1.27 bits per heavy atom. The monoisotopic (exact) mass is 383 g/mol. The summed E-state index contributed by atoms with van der Waals surface area (Å²) < 4.78 is 0. The predicted octanol–water partition coefficient (Wildman–Crippen LogP) is 5.52. The van der Waals surface area contributed by atoms with Crippen molar-refractivity contribution in [3.63, 3.8) is 0 Å². The topological polar surface area (TPSA) is 39.1 Å². The first kappa shape index (κ1) is 18.7. The Labute approximate surface area is 165 Å². The summed E-state index contributed by atoms with van der Waals surface area (Å²) in [6, 6.07) is 15.7. The highest BCUT2D eigenvalue weighted by Gasteiger charge is 2.28. The Kier molecular flexibility index (Phi) is 5.80. The van der Waals surface area contributed by atoms with E-state index in [1.807, 2.05) is 25.2 Å². The first-order valence-corrected chi connectivity index (χ1v) is 9.58. The molecule has 0 saturated heterocycles. The summed E-state index contributed by atoms with van der Waals surface area (Å²) in [5, 5.41) is 13.6. The van der Waals surface area contributed by atoms with Crippen LogP contribution in [0.15, 0.2) is 42.5 Å². The lowest BCUT2D eigenvalue weighted by atomic mass is 9.97. The van der Waals surface area contributed by atoms with Gasteiger partial charge in [-0.2, -0.15) is 5.26 Å². The molecule has 3 nitrogen and oxygen atoms in total. The van der Waals surface area contributed by atoms with Crippen LogP contribution >= 0.6 is 23.8 Å². The van der Waals surface area contributed by atoms with Gasteiger partial charge in [-0.05, 0) is 84.4 Å². The smallest absolute Gasteiger partial charge is 0.173 e. The van der Waals surface area contributed by atoms with E-state index in [-0.39, 0.29) is 0 Å². The quantitative estimate of drug-likeness (QED) is 0.705. The molecule has 1 aliphatic carbocycles. The number of hydrogen-bond acceptors (Lipinski definition) is 2. The van der Waals surface area contributed by atoms with Crippen LogP contribution in [0.25, 0.3) is 0 Å². The average Bonchev–Trinajstić information content (AvgIpc) is 2.95. The molecule has 2 aromatic rings. The normalized spacial score (nSPS) is 18.1. The Morgan fingerprint density at radius 3 is 2.69 bits per heavy atom. The van der Waals surface area contributed by atoms with E-state index in [9.17, 15) is 0 Å². The van der Waals surface area contributed by atoms with Crippen molar-refractivity contribution < 1.29 is 0 Å². The number of thiocarbonyl (C=S) groups is 1. The Balaban J connectivity index is 1.57. The maximum Gasteiger partial charge on any atom is 0.173 e. The zero-order valence-corrected chi connectivity index (χ0v) is 16.6. The third-order valence-corrected chi connectivity index (χ3v) is 5.73. The second-order valence-corrected chi connectivity index (χ2v) is 7.76. The van der Waals surface area contributed by atoms with Gasteiger partial charge in [-0.25, -0.2) is 0 Å². The summed E-state index contributed by atoms with van der Waals surface area (Å²) >= 11 is 11.7. The van der Waals surface area contributed by atoms with Crippen LogP contribution in [0.1, 0.15) is 48.3 Å². The number of fused-ring (bicyclic) bond motifs is 1. The maximum absolute atomic E-state index is 8.87. The molecule has 0 radical (unpaired) electrons. The molecule has 3 rings (SSSR count). The molecule has 0 aromatic heterocycles. The summed E-state index contributed by atoms with van der Waals surface area (Å²) in [6.07, 6.45) is 2.21. The van der Waals surface area contributed by atoms with Crippen LogP contribution in [0.4, 0.5) is 5.69 Å². The van der Waals surface area contributed by atoms with Crippen molar-refractivity contribution in [2.24, 2.45) is 0 Å². The fourth-order valence-corrected chi connectivity index (χ4v) is 3.99. The first-order valence-electron chi connectivity index (χ1n) is 8.79. The van der Waals surface area contributed by atoms with Crippen LogP contribution in [-0.4, -0.2) is 23.6 Å². The molecule has 0 unspecified atom stereocenters. The number of benzene rings is 2. The van der Waals surface area contributed by atoms with Crippen LogP contribution in [-0.2, 0) is 0 Å². The van der Waals surface area contributed by atoms with Gasteiger partial charge in [-0.3, -0.25) is 0 Å². The van der Waals surface area contributed by atoms with E-state index in [0.29, 0.717) is 22.5 Å². The zero-order chi connectivity index (χ0) is 18.7. The molecular formula is C21H22ClN3S. The highest BCUT2D eigenvalue weighted by atomic mass is 35.5. The molecule has 0 fully saturated rings. The molecule has 0 spiro atoms. The molecule has 0 aliphatic heterocycles. The maximum atomic E-state index is 8.87. The highest BCUT2D eigenvalue weighted by Crippen LogP contribution is 2.44. The van der Waals surface area contributed by atoms with Crippen LogP contribution in [0.5, 0.6) is 0 Å².